The Morgan fingerprint density at radius 3 is 2.50 bits per heavy atom. The summed E-state index contributed by atoms with van der Waals surface area (Å²) < 4.78 is 1.19. The summed E-state index contributed by atoms with van der Waals surface area (Å²) >= 11 is 0. The number of aromatic nitrogens is 2. The van der Waals surface area contributed by atoms with E-state index in [9.17, 15) is 14.9 Å². The highest BCUT2D eigenvalue weighted by atomic mass is 16.6. The largest absolute Gasteiger partial charge is 0.480 e. The Morgan fingerprint density at radius 1 is 1.56 bits per heavy atom. The lowest BCUT2D eigenvalue weighted by atomic mass is 10.1. The third-order valence-electron chi connectivity index (χ3n) is 2.25. The second kappa shape index (κ2) is 4.30. The number of nitro groups is 1. The number of nitrogens with zero attached hydrogens (tertiary/aromatic N) is 3. The van der Waals surface area contributed by atoms with Gasteiger partial charge in [0.1, 0.15) is 0 Å². The molecule has 1 aromatic heterocycles. The SMILES string of the molecule is CC(C)c1cc([N+](=O)[O-])nn1C(C)C(=O)O. The first-order valence-electron chi connectivity index (χ1n) is 4.81. The Balaban J connectivity index is 3.25. The molecule has 0 saturated heterocycles. The molecule has 0 saturated carbocycles. The first kappa shape index (κ1) is 12.2. The van der Waals surface area contributed by atoms with Gasteiger partial charge >= 0.3 is 11.8 Å². The number of hydrogen-bond donors (Lipinski definition) is 1. The standard InChI is InChI=1S/C9H13N3O4/c1-5(2)7-4-8(12(15)16)10-11(7)6(3)9(13)14/h4-6H,1-3H3,(H,13,14). The second-order valence-electron chi connectivity index (χ2n) is 3.80. The molecule has 0 fully saturated rings. The average Bonchev–Trinajstić information content (AvgIpc) is 2.60. The molecule has 7 nitrogen and oxygen atoms in total. The van der Waals surface area contributed by atoms with Crippen LogP contribution in [0, 0.1) is 10.1 Å². The lowest BCUT2D eigenvalue weighted by molar-refractivity contribution is -0.389. The van der Waals surface area contributed by atoms with E-state index in [0.29, 0.717) is 5.69 Å². The van der Waals surface area contributed by atoms with E-state index in [1.165, 1.54) is 17.7 Å². The summed E-state index contributed by atoms with van der Waals surface area (Å²) in [6, 6.07) is 0.399. The van der Waals surface area contributed by atoms with E-state index < -0.39 is 16.9 Å². The van der Waals surface area contributed by atoms with E-state index in [1.54, 1.807) is 0 Å². The highest BCUT2D eigenvalue weighted by Gasteiger charge is 2.27. The van der Waals surface area contributed by atoms with Crippen molar-refractivity contribution in [3.05, 3.63) is 21.9 Å². The quantitative estimate of drug-likeness (QED) is 0.621. The van der Waals surface area contributed by atoms with Gasteiger partial charge in [-0.25, -0.2) is 4.79 Å². The molecule has 0 radical (unpaired) electrons. The zero-order valence-electron chi connectivity index (χ0n) is 9.25. The molecule has 1 N–H and O–H groups in total. The molecule has 0 amide bonds. The van der Waals surface area contributed by atoms with Crippen molar-refractivity contribution < 1.29 is 14.8 Å². The van der Waals surface area contributed by atoms with Gasteiger partial charge in [-0.3, -0.25) is 0 Å². The Kier molecular flexibility index (Phi) is 3.26. The van der Waals surface area contributed by atoms with Crippen molar-refractivity contribution in [2.24, 2.45) is 0 Å². The minimum Gasteiger partial charge on any atom is -0.480 e. The molecule has 1 heterocycles. The molecule has 0 spiro atoms. The number of carbonyl (C=O) groups is 1. The van der Waals surface area contributed by atoms with Crippen molar-refractivity contribution in [1.82, 2.24) is 9.78 Å². The minimum atomic E-state index is -1.07. The summed E-state index contributed by atoms with van der Waals surface area (Å²) in [5.41, 5.74) is 0.543. The van der Waals surface area contributed by atoms with Gasteiger partial charge in [-0.05, 0) is 17.8 Å². The molecule has 1 atom stereocenters. The Labute approximate surface area is 91.8 Å². The Bertz CT molecular complexity index is 424. The van der Waals surface area contributed by atoms with Crippen LogP contribution in [-0.2, 0) is 4.79 Å². The lowest BCUT2D eigenvalue weighted by Gasteiger charge is -2.09. The summed E-state index contributed by atoms with van der Waals surface area (Å²) in [5, 5.41) is 23.1. The predicted octanol–water partition coefficient (Wildman–Crippen LogP) is 1.56. The molecule has 0 aliphatic rings. The molecule has 0 aliphatic carbocycles. The number of hydrogen-bond acceptors (Lipinski definition) is 4. The van der Waals surface area contributed by atoms with Crippen molar-refractivity contribution in [3.8, 4) is 0 Å². The van der Waals surface area contributed by atoms with E-state index in [-0.39, 0.29) is 11.7 Å². The minimum absolute atomic E-state index is 0.0250. The van der Waals surface area contributed by atoms with Gasteiger partial charge in [0.05, 0.1) is 16.9 Å². The smallest absolute Gasteiger partial charge is 0.390 e. The molecule has 0 aromatic carbocycles. The van der Waals surface area contributed by atoms with E-state index in [0.717, 1.165) is 0 Å². The fourth-order valence-electron chi connectivity index (χ4n) is 1.33. The maximum Gasteiger partial charge on any atom is 0.390 e. The summed E-state index contributed by atoms with van der Waals surface area (Å²) in [7, 11) is 0. The first-order valence-corrected chi connectivity index (χ1v) is 4.81. The topological polar surface area (TPSA) is 98.3 Å². The molecule has 1 unspecified atom stereocenters. The maximum absolute atomic E-state index is 10.8. The van der Waals surface area contributed by atoms with Gasteiger partial charge in [-0.1, -0.05) is 13.8 Å². The van der Waals surface area contributed by atoms with Gasteiger partial charge in [-0.15, -0.1) is 0 Å². The van der Waals surface area contributed by atoms with Crippen molar-refractivity contribution in [2.75, 3.05) is 0 Å². The highest BCUT2D eigenvalue weighted by molar-refractivity contribution is 5.71. The summed E-state index contributed by atoms with van der Waals surface area (Å²) in [6.45, 7) is 5.09. The third kappa shape index (κ3) is 2.18. The van der Waals surface area contributed by atoms with Gasteiger partial charge in [-0.2, -0.15) is 4.68 Å². The zero-order valence-corrected chi connectivity index (χ0v) is 9.25. The maximum atomic E-state index is 10.8. The fourth-order valence-corrected chi connectivity index (χ4v) is 1.33. The molecule has 16 heavy (non-hydrogen) atoms. The fraction of sp³-hybridized carbons (Fsp3) is 0.556. The molecule has 88 valence electrons. The first-order chi connectivity index (χ1) is 7.34. The highest BCUT2D eigenvalue weighted by Crippen LogP contribution is 2.23. The molecule has 0 bridgehead atoms. The monoisotopic (exact) mass is 227 g/mol. The third-order valence-corrected chi connectivity index (χ3v) is 2.25. The van der Waals surface area contributed by atoms with Gasteiger partial charge < -0.3 is 15.2 Å². The van der Waals surface area contributed by atoms with Crippen LogP contribution in [0.1, 0.15) is 38.4 Å². The van der Waals surface area contributed by atoms with Gasteiger partial charge in [0.25, 0.3) is 0 Å². The number of carboxylic acid groups (broad SMARTS) is 1. The van der Waals surface area contributed by atoms with Gasteiger partial charge in [0, 0.05) is 0 Å². The summed E-state index contributed by atoms with van der Waals surface area (Å²) in [4.78, 5) is 20.8. The van der Waals surface area contributed by atoms with Crippen LogP contribution in [0.4, 0.5) is 5.82 Å². The van der Waals surface area contributed by atoms with Crippen LogP contribution < -0.4 is 0 Å². The van der Waals surface area contributed by atoms with Crippen molar-refractivity contribution in [3.63, 3.8) is 0 Å². The average molecular weight is 227 g/mol. The second-order valence-corrected chi connectivity index (χ2v) is 3.80. The zero-order chi connectivity index (χ0) is 12.5. The van der Waals surface area contributed by atoms with Crippen LogP contribution in [0.15, 0.2) is 6.07 Å². The van der Waals surface area contributed by atoms with E-state index in [1.807, 2.05) is 13.8 Å². The van der Waals surface area contributed by atoms with Crippen molar-refractivity contribution in [2.45, 2.75) is 32.7 Å². The summed E-state index contributed by atoms with van der Waals surface area (Å²) in [5.74, 6) is -1.42. The normalized spacial score (nSPS) is 12.8. The van der Waals surface area contributed by atoms with Crippen LogP contribution in [-0.4, -0.2) is 25.8 Å². The van der Waals surface area contributed by atoms with E-state index in [4.69, 9.17) is 5.11 Å². The number of carboxylic acids is 1. The van der Waals surface area contributed by atoms with Gasteiger partial charge in [0.15, 0.2) is 6.04 Å². The van der Waals surface area contributed by atoms with Crippen LogP contribution in [0.25, 0.3) is 0 Å². The van der Waals surface area contributed by atoms with E-state index in [2.05, 4.69) is 5.10 Å². The summed E-state index contributed by atoms with van der Waals surface area (Å²) in [6.07, 6.45) is 0. The van der Waals surface area contributed by atoms with E-state index >= 15 is 0 Å². The van der Waals surface area contributed by atoms with Gasteiger partial charge in [0.2, 0.25) is 0 Å². The van der Waals surface area contributed by atoms with Crippen LogP contribution in [0.5, 0.6) is 0 Å². The molecule has 1 rings (SSSR count). The predicted molar refractivity (Wildman–Crippen MR) is 55.3 cm³/mol. The molecule has 0 aliphatic heterocycles. The van der Waals surface area contributed by atoms with Crippen LogP contribution in [0.2, 0.25) is 0 Å². The lowest BCUT2D eigenvalue weighted by Crippen LogP contribution is -2.19. The van der Waals surface area contributed by atoms with Crippen LogP contribution >= 0.6 is 0 Å². The Hall–Kier alpha value is -1.92. The van der Waals surface area contributed by atoms with Crippen molar-refractivity contribution in [1.29, 1.82) is 0 Å². The number of rotatable bonds is 4. The van der Waals surface area contributed by atoms with Crippen LogP contribution in [0.3, 0.4) is 0 Å². The molecule has 1 aromatic rings. The van der Waals surface area contributed by atoms with Crippen molar-refractivity contribution >= 4 is 11.8 Å². The molecule has 7 heteroatoms. The Morgan fingerprint density at radius 2 is 2.12 bits per heavy atom. The molecular formula is C9H13N3O4. The molecular weight excluding hydrogens is 214 g/mol. The number of aliphatic carboxylic acids is 1.